The molecule has 1 aliphatic carbocycles. The molecule has 2 unspecified atom stereocenters. The number of amides is 2. The van der Waals surface area contributed by atoms with Crippen molar-refractivity contribution < 1.29 is 14.7 Å². The van der Waals surface area contributed by atoms with Crippen LogP contribution in [0.1, 0.15) is 40.0 Å². The first-order chi connectivity index (χ1) is 7.81. The van der Waals surface area contributed by atoms with Gasteiger partial charge in [0.25, 0.3) is 0 Å². The molecule has 2 amide bonds. The van der Waals surface area contributed by atoms with Crippen LogP contribution in [0, 0.1) is 11.8 Å². The number of hydrogen-bond acceptors (Lipinski definition) is 2. The minimum atomic E-state index is -1.23. The Morgan fingerprint density at radius 3 is 2.47 bits per heavy atom. The van der Waals surface area contributed by atoms with Gasteiger partial charge in [0.05, 0.1) is 0 Å². The van der Waals surface area contributed by atoms with Crippen LogP contribution < -0.4 is 10.6 Å². The minimum absolute atomic E-state index is 0.406. The predicted molar refractivity (Wildman–Crippen MR) is 64.8 cm³/mol. The van der Waals surface area contributed by atoms with Gasteiger partial charge in [0.15, 0.2) is 0 Å². The molecule has 98 valence electrons. The normalized spacial score (nSPS) is 24.4. The van der Waals surface area contributed by atoms with Crippen molar-refractivity contribution in [3.63, 3.8) is 0 Å². The topological polar surface area (TPSA) is 78.4 Å². The summed E-state index contributed by atoms with van der Waals surface area (Å²) in [5.41, 5.74) is -1.23. The summed E-state index contributed by atoms with van der Waals surface area (Å²) in [5, 5.41) is 14.0. The van der Waals surface area contributed by atoms with Gasteiger partial charge in [0.2, 0.25) is 0 Å². The zero-order valence-corrected chi connectivity index (χ0v) is 10.7. The Morgan fingerprint density at radius 1 is 1.35 bits per heavy atom. The molecule has 2 atom stereocenters. The molecule has 3 N–H and O–H groups in total. The van der Waals surface area contributed by atoms with Gasteiger partial charge in [0, 0.05) is 6.54 Å². The van der Waals surface area contributed by atoms with E-state index in [-0.39, 0.29) is 0 Å². The Morgan fingerprint density at radius 2 is 2.00 bits per heavy atom. The van der Waals surface area contributed by atoms with E-state index in [4.69, 9.17) is 5.11 Å². The molecule has 0 aliphatic heterocycles. The predicted octanol–water partition coefficient (Wildman–Crippen LogP) is 1.58. The van der Waals surface area contributed by atoms with Crippen molar-refractivity contribution in [3.05, 3.63) is 0 Å². The van der Waals surface area contributed by atoms with Crippen molar-refractivity contribution in [2.75, 3.05) is 6.54 Å². The first-order valence-electron chi connectivity index (χ1n) is 6.10. The number of carboxylic acid groups (broad SMARTS) is 1. The van der Waals surface area contributed by atoms with Gasteiger partial charge in [-0.25, -0.2) is 9.59 Å². The smallest absolute Gasteiger partial charge is 0.328 e. The molecular weight excluding hydrogens is 220 g/mol. The van der Waals surface area contributed by atoms with Crippen LogP contribution in [0.5, 0.6) is 0 Å². The second kappa shape index (κ2) is 5.38. The molecule has 0 spiro atoms. The third-order valence-electron chi connectivity index (χ3n) is 3.32. The number of carbonyl (C=O) groups excluding carboxylic acids is 1. The number of rotatable bonds is 4. The highest BCUT2D eigenvalue weighted by molar-refractivity contribution is 5.85. The number of carboxylic acids is 1. The Kier molecular flexibility index (Phi) is 4.37. The van der Waals surface area contributed by atoms with Crippen LogP contribution >= 0.6 is 0 Å². The van der Waals surface area contributed by atoms with Crippen LogP contribution in [-0.4, -0.2) is 29.2 Å². The summed E-state index contributed by atoms with van der Waals surface area (Å²) >= 11 is 0. The molecule has 17 heavy (non-hydrogen) atoms. The summed E-state index contributed by atoms with van der Waals surface area (Å²) < 4.78 is 0. The monoisotopic (exact) mass is 242 g/mol. The second-order valence-corrected chi connectivity index (χ2v) is 5.55. The number of nitrogens with one attached hydrogen (secondary N) is 2. The van der Waals surface area contributed by atoms with Gasteiger partial charge >= 0.3 is 12.0 Å². The fraction of sp³-hybridized carbons (Fsp3) is 0.833. The molecule has 0 aromatic heterocycles. The molecule has 5 nitrogen and oxygen atoms in total. The summed E-state index contributed by atoms with van der Waals surface area (Å²) in [7, 11) is 0. The van der Waals surface area contributed by atoms with E-state index in [0.717, 1.165) is 18.8 Å². The lowest BCUT2D eigenvalue weighted by atomic mass is 10.1. The fourth-order valence-electron chi connectivity index (χ4n) is 2.13. The molecule has 1 aliphatic rings. The van der Waals surface area contributed by atoms with Gasteiger partial charge in [-0.3, -0.25) is 0 Å². The van der Waals surface area contributed by atoms with E-state index in [0.29, 0.717) is 12.5 Å². The van der Waals surface area contributed by atoms with E-state index < -0.39 is 17.5 Å². The van der Waals surface area contributed by atoms with E-state index in [2.05, 4.69) is 17.6 Å². The highest BCUT2D eigenvalue weighted by atomic mass is 16.4. The zero-order valence-electron chi connectivity index (χ0n) is 10.7. The summed E-state index contributed by atoms with van der Waals surface area (Å²) in [5.74, 6) is 0.228. The SMILES string of the molecule is CC1CCC(CNC(=O)NC(C)(C)C(=O)O)C1. The third kappa shape index (κ3) is 4.24. The summed E-state index contributed by atoms with van der Waals surface area (Å²) in [6, 6.07) is -0.406. The van der Waals surface area contributed by atoms with Crippen molar-refractivity contribution >= 4 is 12.0 Å². The molecule has 5 heteroatoms. The molecule has 0 saturated heterocycles. The lowest BCUT2D eigenvalue weighted by Crippen LogP contribution is -2.53. The molecule has 0 aromatic rings. The molecule has 0 aromatic carbocycles. The lowest BCUT2D eigenvalue weighted by molar-refractivity contribution is -0.142. The first-order valence-corrected chi connectivity index (χ1v) is 6.10. The maximum atomic E-state index is 11.5. The van der Waals surface area contributed by atoms with E-state index in [1.165, 1.54) is 20.3 Å². The van der Waals surface area contributed by atoms with Crippen molar-refractivity contribution in [1.82, 2.24) is 10.6 Å². The van der Waals surface area contributed by atoms with Crippen molar-refractivity contribution in [2.24, 2.45) is 11.8 Å². The molecule has 1 fully saturated rings. The number of hydrogen-bond donors (Lipinski definition) is 3. The average Bonchev–Trinajstić information content (AvgIpc) is 2.60. The highest BCUT2D eigenvalue weighted by Crippen LogP contribution is 2.29. The van der Waals surface area contributed by atoms with Gasteiger partial charge in [0.1, 0.15) is 5.54 Å². The number of urea groups is 1. The summed E-state index contributed by atoms with van der Waals surface area (Å²) in [4.78, 5) is 22.3. The van der Waals surface area contributed by atoms with E-state index in [1.54, 1.807) is 0 Å². The Labute approximate surface area is 102 Å². The highest BCUT2D eigenvalue weighted by Gasteiger charge is 2.29. The number of carbonyl (C=O) groups is 2. The average molecular weight is 242 g/mol. The summed E-state index contributed by atoms with van der Waals surface area (Å²) in [6.07, 6.45) is 3.50. The Bertz CT molecular complexity index is 302. The minimum Gasteiger partial charge on any atom is -0.480 e. The van der Waals surface area contributed by atoms with Gasteiger partial charge < -0.3 is 15.7 Å². The van der Waals surface area contributed by atoms with Gasteiger partial charge in [-0.15, -0.1) is 0 Å². The van der Waals surface area contributed by atoms with Crippen LogP contribution in [0.3, 0.4) is 0 Å². The quantitative estimate of drug-likeness (QED) is 0.700. The van der Waals surface area contributed by atoms with E-state index in [9.17, 15) is 9.59 Å². The zero-order chi connectivity index (χ0) is 13.1. The van der Waals surface area contributed by atoms with Crippen molar-refractivity contribution in [2.45, 2.75) is 45.6 Å². The first kappa shape index (κ1) is 13.8. The molecule has 0 heterocycles. The maximum Gasteiger partial charge on any atom is 0.328 e. The van der Waals surface area contributed by atoms with E-state index in [1.807, 2.05) is 0 Å². The van der Waals surface area contributed by atoms with Crippen LogP contribution in [0.4, 0.5) is 4.79 Å². The second-order valence-electron chi connectivity index (χ2n) is 5.55. The van der Waals surface area contributed by atoms with Gasteiger partial charge in [-0.1, -0.05) is 13.3 Å². The van der Waals surface area contributed by atoms with Crippen LogP contribution in [-0.2, 0) is 4.79 Å². The Balaban J connectivity index is 2.28. The largest absolute Gasteiger partial charge is 0.480 e. The van der Waals surface area contributed by atoms with Crippen molar-refractivity contribution in [3.8, 4) is 0 Å². The van der Waals surface area contributed by atoms with Gasteiger partial charge in [-0.05, 0) is 38.5 Å². The van der Waals surface area contributed by atoms with Crippen molar-refractivity contribution in [1.29, 1.82) is 0 Å². The Hall–Kier alpha value is -1.26. The molecular formula is C12H22N2O3. The summed E-state index contributed by atoms with van der Waals surface area (Å²) in [6.45, 7) is 5.78. The third-order valence-corrected chi connectivity index (χ3v) is 3.32. The molecule has 1 rings (SSSR count). The molecule has 1 saturated carbocycles. The molecule has 0 bridgehead atoms. The molecule has 0 radical (unpaired) electrons. The number of aliphatic carboxylic acids is 1. The van der Waals surface area contributed by atoms with Crippen LogP contribution in [0.2, 0.25) is 0 Å². The lowest BCUT2D eigenvalue weighted by Gasteiger charge is -2.22. The maximum absolute atomic E-state index is 11.5. The standard InChI is InChI=1S/C12H22N2O3/c1-8-4-5-9(6-8)7-13-11(17)14-12(2,3)10(15)16/h8-9H,4-7H2,1-3H3,(H,15,16)(H2,13,14,17). The van der Waals surface area contributed by atoms with Crippen LogP contribution in [0.15, 0.2) is 0 Å². The van der Waals surface area contributed by atoms with E-state index >= 15 is 0 Å². The van der Waals surface area contributed by atoms with Gasteiger partial charge in [-0.2, -0.15) is 0 Å². The fourth-order valence-corrected chi connectivity index (χ4v) is 2.13. The van der Waals surface area contributed by atoms with Crippen LogP contribution in [0.25, 0.3) is 0 Å².